The van der Waals surface area contributed by atoms with Gasteiger partial charge in [0, 0.05) is 12.5 Å². The number of nitrogens with zero attached hydrogens (tertiary/aromatic N) is 1. The molecule has 1 aromatic carbocycles. The fourth-order valence-electron chi connectivity index (χ4n) is 1.57. The highest BCUT2D eigenvalue weighted by atomic mass is 16.3. The first-order valence-electron chi connectivity index (χ1n) is 4.78. The van der Waals surface area contributed by atoms with Gasteiger partial charge in [-0.1, -0.05) is 13.0 Å². The Balaban J connectivity index is 2.50. The Hall–Kier alpha value is -1.35. The molecule has 14 heavy (non-hydrogen) atoms. The summed E-state index contributed by atoms with van der Waals surface area (Å²) in [5, 5.41) is 9.04. The minimum absolute atomic E-state index is 0.179. The lowest BCUT2D eigenvalue weighted by molar-refractivity contribution is 0.273. The van der Waals surface area contributed by atoms with Crippen molar-refractivity contribution in [3.8, 4) is 0 Å². The first-order chi connectivity index (χ1) is 6.70. The van der Waals surface area contributed by atoms with Gasteiger partial charge in [0.1, 0.15) is 5.82 Å². The molecule has 1 aromatic heterocycles. The highest BCUT2D eigenvalue weighted by molar-refractivity contribution is 5.75. The van der Waals surface area contributed by atoms with Gasteiger partial charge in [0.25, 0.3) is 0 Å². The van der Waals surface area contributed by atoms with Gasteiger partial charge in [-0.15, -0.1) is 0 Å². The molecule has 0 aliphatic rings. The molecule has 74 valence electrons. The lowest BCUT2D eigenvalue weighted by atomic mass is 10.0. The van der Waals surface area contributed by atoms with Crippen LogP contribution in [0, 0.1) is 6.92 Å². The van der Waals surface area contributed by atoms with E-state index in [1.54, 1.807) is 0 Å². The van der Waals surface area contributed by atoms with E-state index in [0.29, 0.717) is 0 Å². The Kier molecular flexibility index (Phi) is 2.25. The molecule has 0 radical (unpaired) electrons. The molecule has 3 heteroatoms. The smallest absolute Gasteiger partial charge is 0.104 e. The third kappa shape index (κ3) is 1.51. The molecule has 2 rings (SSSR count). The van der Waals surface area contributed by atoms with Crippen molar-refractivity contribution in [1.29, 1.82) is 0 Å². The van der Waals surface area contributed by atoms with Crippen LogP contribution in [0.15, 0.2) is 18.2 Å². The molecular weight excluding hydrogens is 176 g/mol. The summed E-state index contributed by atoms with van der Waals surface area (Å²) in [5.41, 5.74) is 3.17. The monoisotopic (exact) mass is 190 g/mol. The Labute approximate surface area is 82.8 Å². The molecule has 0 aliphatic carbocycles. The van der Waals surface area contributed by atoms with Crippen molar-refractivity contribution in [2.45, 2.75) is 19.8 Å². The standard InChI is InChI=1S/C11H14N2O/c1-7(6-14)9-3-4-10-11(5-9)13-8(2)12-10/h3-5,7,14H,6H2,1-2H3,(H,12,13). The van der Waals surface area contributed by atoms with Gasteiger partial charge in [-0.25, -0.2) is 4.98 Å². The quantitative estimate of drug-likeness (QED) is 0.760. The van der Waals surface area contributed by atoms with Crippen LogP contribution >= 0.6 is 0 Å². The summed E-state index contributed by atoms with van der Waals surface area (Å²) < 4.78 is 0. The van der Waals surface area contributed by atoms with E-state index in [1.807, 2.05) is 26.0 Å². The number of aromatic amines is 1. The van der Waals surface area contributed by atoms with E-state index in [-0.39, 0.29) is 12.5 Å². The number of aliphatic hydroxyl groups excluding tert-OH is 1. The zero-order chi connectivity index (χ0) is 10.1. The lowest BCUT2D eigenvalue weighted by Crippen LogP contribution is -1.98. The predicted octanol–water partition coefficient (Wildman–Crippen LogP) is 1.97. The summed E-state index contributed by atoms with van der Waals surface area (Å²) >= 11 is 0. The molecule has 1 heterocycles. The Bertz CT molecular complexity index is 447. The summed E-state index contributed by atoms with van der Waals surface area (Å²) in [6.45, 7) is 4.12. The highest BCUT2D eigenvalue weighted by Gasteiger charge is 2.06. The molecule has 1 atom stereocenters. The van der Waals surface area contributed by atoms with E-state index >= 15 is 0 Å². The normalized spacial score (nSPS) is 13.4. The zero-order valence-corrected chi connectivity index (χ0v) is 8.41. The van der Waals surface area contributed by atoms with Gasteiger partial charge in [-0.05, 0) is 24.6 Å². The number of nitrogens with one attached hydrogen (secondary N) is 1. The summed E-state index contributed by atoms with van der Waals surface area (Å²) in [4.78, 5) is 7.51. The molecule has 0 aliphatic heterocycles. The first-order valence-corrected chi connectivity index (χ1v) is 4.78. The van der Waals surface area contributed by atoms with Crippen LogP contribution in [0.1, 0.15) is 24.2 Å². The third-order valence-corrected chi connectivity index (χ3v) is 2.47. The van der Waals surface area contributed by atoms with Crippen LogP contribution in [0.3, 0.4) is 0 Å². The zero-order valence-electron chi connectivity index (χ0n) is 8.41. The second kappa shape index (κ2) is 3.42. The van der Waals surface area contributed by atoms with Crippen molar-refractivity contribution in [2.75, 3.05) is 6.61 Å². The number of aryl methyl sites for hydroxylation is 1. The van der Waals surface area contributed by atoms with Crippen LogP contribution in [0.2, 0.25) is 0 Å². The van der Waals surface area contributed by atoms with E-state index in [9.17, 15) is 0 Å². The average Bonchev–Trinajstić information content (AvgIpc) is 2.55. The van der Waals surface area contributed by atoms with Crippen LogP contribution < -0.4 is 0 Å². The minimum atomic E-state index is 0.179. The summed E-state index contributed by atoms with van der Waals surface area (Å²) in [6, 6.07) is 6.06. The highest BCUT2D eigenvalue weighted by Crippen LogP contribution is 2.19. The van der Waals surface area contributed by atoms with E-state index in [2.05, 4.69) is 16.0 Å². The Morgan fingerprint density at radius 1 is 1.50 bits per heavy atom. The van der Waals surface area contributed by atoms with Gasteiger partial charge in [0.2, 0.25) is 0 Å². The molecule has 2 aromatic rings. The van der Waals surface area contributed by atoms with Gasteiger partial charge in [-0.2, -0.15) is 0 Å². The van der Waals surface area contributed by atoms with Crippen LogP contribution in [-0.4, -0.2) is 21.7 Å². The topological polar surface area (TPSA) is 48.9 Å². The van der Waals surface area contributed by atoms with E-state index < -0.39 is 0 Å². The number of rotatable bonds is 2. The van der Waals surface area contributed by atoms with Gasteiger partial charge >= 0.3 is 0 Å². The van der Waals surface area contributed by atoms with E-state index in [1.165, 1.54) is 0 Å². The number of aliphatic hydroxyl groups is 1. The first kappa shape index (κ1) is 9.21. The molecule has 0 saturated heterocycles. The lowest BCUT2D eigenvalue weighted by Gasteiger charge is -2.07. The van der Waals surface area contributed by atoms with Gasteiger partial charge in [-0.3, -0.25) is 0 Å². The molecule has 2 N–H and O–H groups in total. The molecular formula is C11H14N2O. The van der Waals surface area contributed by atoms with Gasteiger partial charge < -0.3 is 10.1 Å². The van der Waals surface area contributed by atoms with Crippen molar-refractivity contribution in [3.63, 3.8) is 0 Å². The molecule has 0 fully saturated rings. The fraction of sp³-hybridized carbons (Fsp3) is 0.364. The number of benzene rings is 1. The van der Waals surface area contributed by atoms with Crippen LogP contribution in [0.5, 0.6) is 0 Å². The minimum Gasteiger partial charge on any atom is -0.396 e. The maximum Gasteiger partial charge on any atom is 0.104 e. The van der Waals surface area contributed by atoms with Crippen molar-refractivity contribution in [1.82, 2.24) is 9.97 Å². The maximum atomic E-state index is 9.04. The molecule has 0 spiro atoms. The van der Waals surface area contributed by atoms with Crippen molar-refractivity contribution in [2.24, 2.45) is 0 Å². The summed E-state index contributed by atoms with van der Waals surface area (Å²) in [6.07, 6.45) is 0. The van der Waals surface area contributed by atoms with E-state index in [0.717, 1.165) is 22.4 Å². The van der Waals surface area contributed by atoms with Crippen LogP contribution in [0.4, 0.5) is 0 Å². The molecule has 3 nitrogen and oxygen atoms in total. The maximum absolute atomic E-state index is 9.04. The van der Waals surface area contributed by atoms with Crippen molar-refractivity contribution < 1.29 is 5.11 Å². The largest absolute Gasteiger partial charge is 0.396 e. The predicted molar refractivity (Wildman–Crippen MR) is 56.3 cm³/mol. The Morgan fingerprint density at radius 2 is 2.29 bits per heavy atom. The fourth-order valence-corrected chi connectivity index (χ4v) is 1.57. The second-order valence-corrected chi connectivity index (χ2v) is 3.68. The average molecular weight is 190 g/mol. The molecule has 0 amide bonds. The van der Waals surface area contributed by atoms with Gasteiger partial charge in [0.15, 0.2) is 0 Å². The number of hydrogen-bond acceptors (Lipinski definition) is 2. The van der Waals surface area contributed by atoms with Crippen LogP contribution in [0.25, 0.3) is 11.0 Å². The Morgan fingerprint density at radius 3 is 3.00 bits per heavy atom. The molecule has 0 saturated carbocycles. The number of fused-ring (bicyclic) bond motifs is 1. The van der Waals surface area contributed by atoms with Gasteiger partial charge in [0.05, 0.1) is 11.0 Å². The summed E-state index contributed by atoms with van der Waals surface area (Å²) in [7, 11) is 0. The number of imidazole rings is 1. The molecule has 0 bridgehead atoms. The third-order valence-electron chi connectivity index (χ3n) is 2.47. The van der Waals surface area contributed by atoms with Crippen LogP contribution in [-0.2, 0) is 0 Å². The molecule has 1 unspecified atom stereocenters. The second-order valence-electron chi connectivity index (χ2n) is 3.68. The van der Waals surface area contributed by atoms with E-state index in [4.69, 9.17) is 5.11 Å². The summed E-state index contributed by atoms with van der Waals surface area (Å²) in [5.74, 6) is 1.11. The van der Waals surface area contributed by atoms with Crippen molar-refractivity contribution in [3.05, 3.63) is 29.6 Å². The number of aromatic nitrogens is 2. The van der Waals surface area contributed by atoms with Crippen molar-refractivity contribution >= 4 is 11.0 Å². The SMILES string of the molecule is Cc1nc2ccc(C(C)CO)cc2[nH]1. The number of hydrogen-bond donors (Lipinski definition) is 2. The number of H-pyrrole nitrogens is 1.